The number of methoxy groups -OCH3 is 1. The van der Waals surface area contributed by atoms with Gasteiger partial charge in [0, 0.05) is 5.56 Å². The van der Waals surface area contributed by atoms with Crippen molar-refractivity contribution in [2.24, 2.45) is 0 Å². The van der Waals surface area contributed by atoms with Crippen molar-refractivity contribution >= 4 is 5.82 Å². The zero-order chi connectivity index (χ0) is 9.14. The standard InChI is InChI=1S/C7H8N2O3/c1-5-4-8-7(9(10)11)3-6(5)12-2/h3-4H,1-2H3. The van der Waals surface area contributed by atoms with E-state index in [1.807, 2.05) is 0 Å². The third-order valence-electron chi connectivity index (χ3n) is 1.45. The molecule has 0 radical (unpaired) electrons. The summed E-state index contributed by atoms with van der Waals surface area (Å²) >= 11 is 0. The Morgan fingerprint density at radius 3 is 2.83 bits per heavy atom. The number of hydrogen-bond acceptors (Lipinski definition) is 4. The minimum atomic E-state index is -0.554. The number of aromatic nitrogens is 1. The van der Waals surface area contributed by atoms with Crippen molar-refractivity contribution in [2.75, 3.05) is 7.11 Å². The molecule has 64 valence electrons. The summed E-state index contributed by atoms with van der Waals surface area (Å²) in [7, 11) is 1.46. The van der Waals surface area contributed by atoms with Gasteiger partial charge >= 0.3 is 5.82 Å². The average molecular weight is 168 g/mol. The van der Waals surface area contributed by atoms with Gasteiger partial charge in [0.25, 0.3) is 0 Å². The van der Waals surface area contributed by atoms with Crippen LogP contribution < -0.4 is 4.74 Å². The third kappa shape index (κ3) is 1.50. The molecule has 0 aromatic carbocycles. The predicted molar refractivity (Wildman–Crippen MR) is 42.2 cm³/mol. The fourth-order valence-corrected chi connectivity index (χ4v) is 0.815. The second-order valence-electron chi connectivity index (χ2n) is 2.27. The van der Waals surface area contributed by atoms with E-state index in [9.17, 15) is 10.1 Å². The van der Waals surface area contributed by atoms with E-state index in [2.05, 4.69) is 4.98 Å². The van der Waals surface area contributed by atoms with E-state index in [0.29, 0.717) is 5.75 Å². The van der Waals surface area contributed by atoms with Crippen LogP contribution in [-0.2, 0) is 0 Å². The molecule has 1 aromatic rings. The molecule has 5 nitrogen and oxygen atoms in total. The summed E-state index contributed by atoms with van der Waals surface area (Å²) in [6.45, 7) is 1.77. The first-order chi connectivity index (χ1) is 5.65. The molecular weight excluding hydrogens is 160 g/mol. The van der Waals surface area contributed by atoms with Crippen LogP contribution in [0.3, 0.4) is 0 Å². The minimum Gasteiger partial charge on any atom is -0.496 e. The highest BCUT2D eigenvalue weighted by molar-refractivity contribution is 5.37. The van der Waals surface area contributed by atoms with Gasteiger partial charge in [-0.15, -0.1) is 0 Å². The van der Waals surface area contributed by atoms with Gasteiger partial charge in [-0.3, -0.25) is 0 Å². The Balaban J connectivity index is 3.13. The number of ether oxygens (including phenoxy) is 1. The molecule has 0 aliphatic carbocycles. The number of rotatable bonds is 2. The largest absolute Gasteiger partial charge is 0.496 e. The highest BCUT2D eigenvalue weighted by atomic mass is 16.6. The Morgan fingerprint density at radius 2 is 2.33 bits per heavy atom. The monoisotopic (exact) mass is 168 g/mol. The van der Waals surface area contributed by atoms with Crippen LogP contribution in [0.5, 0.6) is 5.75 Å². The topological polar surface area (TPSA) is 65.3 Å². The molecule has 0 unspecified atom stereocenters. The van der Waals surface area contributed by atoms with E-state index in [1.54, 1.807) is 6.92 Å². The molecule has 0 saturated heterocycles. The molecule has 0 N–H and O–H groups in total. The summed E-state index contributed by atoms with van der Waals surface area (Å²) < 4.78 is 4.89. The normalized spacial score (nSPS) is 9.50. The Bertz CT molecular complexity index is 312. The van der Waals surface area contributed by atoms with E-state index in [1.165, 1.54) is 19.4 Å². The Hall–Kier alpha value is -1.65. The molecule has 0 saturated carbocycles. The summed E-state index contributed by atoms with van der Waals surface area (Å²) in [4.78, 5) is 13.3. The third-order valence-corrected chi connectivity index (χ3v) is 1.45. The maximum absolute atomic E-state index is 10.3. The number of nitro groups is 1. The van der Waals surface area contributed by atoms with Gasteiger partial charge in [0.15, 0.2) is 0 Å². The molecule has 0 amide bonds. The first kappa shape index (κ1) is 8.45. The summed E-state index contributed by atoms with van der Waals surface area (Å²) in [5.74, 6) is 0.286. The van der Waals surface area contributed by atoms with Crippen molar-refractivity contribution in [3.05, 3.63) is 27.9 Å². The Labute approximate surface area is 69.1 Å². The van der Waals surface area contributed by atoms with Crippen molar-refractivity contribution in [1.82, 2.24) is 4.98 Å². The predicted octanol–water partition coefficient (Wildman–Crippen LogP) is 1.31. The van der Waals surface area contributed by atoms with Crippen LogP contribution in [0.25, 0.3) is 0 Å². The van der Waals surface area contributed by atoms with Gasteiger partial charge in [-0.05, 0) is 16.8 Å². The molecule has 5 heteroatoms. The first-order valence-electron chi connectivity index (χ1n) is 3.30. The molecular formula is C7H8N2O3. The second kappa shape index (κ2) is 3.17. The summed E-state index contributed by atoms with van der Waals surface area (Å²) in [6.07, 6.45) is 1.41. The lowest BCUT2D eigenvalue weighted by Gasteiger charge is -2.00. The van der Waals surface area contributed by atoms with Crippen LogP contribution in [0.15, 0.2) is 12.3 Å². The quantitative estimate of drug-likeness (QED) is 0.493. The highest BCUT2D eigenvalue weighted by Crippen LogP contribution is 2.20. The highest BCUT2D eigenvalue weighted by Gasteiger charge is 2.10. The van der Waals surface area contributed by atoms with E-state index < -0.39 is 4.92 Å². The summed E-state index contributed by atoms with van der Waals surface area (Å²) in [5, 5.41) is 10.3. The van der Waals surface area contributed by atoms with Crippen LogP contribution in [0, 0.1) is 17.0 Å². The molecule has 1 rings (SSSR count). The molecule has 0 fully saturated rings. The zero-order valence-electron chi connectivity index (χ0n) is 6.77. The van der Waals surface area contributed by atoms with E-state index in [4.69, 9.17) is 4.74 Å². The van der Waals surface area contributed by atoms with Crippen molar-refractivity contribution < 1.29 is 9.66 Å². The Kier molecular flexibility index (Phi) is 2.23. The summed E-state index contributed by atoms with van der Waals surface area (Å²) in [5.41, 5.74) is 0.781. The van der Waals surface area contributed by atoms with Gasteiger partial charge < -0.3 is 14.9 Å². The van der Waals surface area contributed by atoms with Crippen LogP contribution >= 0.6 is 0 Å². The molecule has 12 heavy (non-hydrogen) atoms. The SMILES string of the molecule is COc1cc([N+](=O)[O-])ncc1C. The minimum absolute atomic E-state index is 0.197. The first-order valence-corrected chi connectivity index (χ1v) is 3.30. The molecule has 1 aromatic heterocycles. The number of hydrogen-bond donors (Lipinski definition) is 0. The van der Waals surface area contributed by atoms with Crippen molar-refractivity contribution in [1.29, 1.82) is 0 Å². The van der Waals surface area contributed by atoms with Gasteiger partial charge in [0.2, 0.25) is 0 Å². The average Bonchev–Trinajstić information content (AvgIpc) is 2.05. The number of nitrogens with zero attached hydrogens (tertiary/aromatic N) is 2. The fourth-order valence-electron chi connectivity index (χ4n) is 0.815. The molecule has 1 heterocycles. The molecule has 0 aliphatic rings. The number of aryl methyl sites for hydroxylation is 1. The van der Waals surface area contributed by atoms with Gasteiger partial charge in [-0.1, -0.05) is 0 Å². The molecule has 0 atom stereocenters. The van der Waals surface area contributed by atoms with E-state index in [0.717, 1.165) is 5.56 Å². The Morgan fingerprint density at radius 1 is 1.67 bits per heavy atom. The van der Waals surface area contributed by atoms with Crippen LogP contribution in [0.1, 0.15) is 5.56 Å². The van der Waals surface area contributed by atoms with Gasteiger partial charge in [-0.25, -0.2) is 0 Å². The molecule has 0 aliphatic heterocycles. The summed E-state index contributed by atoms with van der Waals surface area (Å²) in [6, 6.07) is 1.30. The van der Waals surface area contributed by atoms with Crippen molar-refractivity contribution in [3.63, 3.8) is 0 Å². The van der Waals surface area contributed by atoms with Gasteiger partial charge in [-0.2, -0.15) is 0 Å². The smallest absolute Gasteiger partial charge is 0.367 e. The fraction of sp³-hybridized carbons (Fsp3) is 0.286. The lowest BCUT2D eigenvalue weighted by molar-refractivity contribution is -0.389. The van der Waals surface area contributed by atoms with Gasteiger partial charge in [0.1, 0.15) is 11.9 Å². The lowest BCUT2D eigenvalue weighted by Crippen LogP contribution is -1.94. The second-order valence-corrected chi connectivity index (χ2v) is 2.27. The van der Waals surface area contributed by atoms with E-state index >= 15 is 0 Å². The maximum atomic E-state index is 10.3. The maximum Gasteiger partial charge on any atom is 0.367 e. The van der Waals surface area contributed by atoms with Gasteiger partial charge in [0.05, 0.1) is 13.2 Å². The number of pyridine rings is 1. The van der Waals surface area contributed by atoms with Crippen molar-refractivity contribution in [3.8, 4) is 5.75 Å². The van der Waals surface area contributed by atoms with Crippen LogP contribution in [-0.4, -0.2) is 17.0 Å². The van der Waals surface area contributed by atoms with E-state index in [-0.39, 0.29) is 5.82 Å². The van der Waals surface area contributed by atoms with Crippen LogP contribution in [0.2, 0.25) is 0 Å². The van der Waals surface area contributed by atoms with Crippen molar-refractivity contribution in [2.45, 2.75) is 6.92 Å². The molecule has 0 spiro atoms. The molecule has 0 bridgehead atoms. The van der Waals surface area contributed by atoms with Crippen LogP contribution in [0.4, 0.5) is 5.82 Å². The zero-order valence-corrected chi connectivity index (χ0v) is 6.77. The lowest BCUT2D eigenvalue weighted by atomic mass is 10.3.